The molecule has 0 saturated carbocycles. The first-order chi connectivity index (χ1) is 14.8. The highest BCUT2D eigenvalue weighted by atomic mass is 35.5. The minimum absolute atomic E-state index is 0.109. The SMILES string of the molecule is CS(=O)(=O)N(CC(=O)N1CCN(CC=Cc2ccccc2)CC1)c1cccc(Cl)c1Cl. The first kappa shape index (κ1) is 23.6. The van der Waals surface area contributed by atoms with Gasteiger partial charge in [-0.15, -0.1) is 0 Å². The molecule has 1 aliphatic rings. The number of piperazine rings is 1. The Morgan fingerprint density at radius 1 is 1.03 bits per heavy atom. The van der Waals surface area contributed by atoms with Crippen molar-refractivity contribution in [1.29, 1.82) is 0 Å². The predicted molar refractivity (Wildman–Crippen MR) is 127 cm³/mol. The maximum absolute atomic E-state index is 12.8. The monoisotopic (exact) mass is 481 g/mol. The van der Waals surface area contributed by atoms with Crippen LogP contribution in [-0.2, 0) is 14.8 Å². The summed E-state index contributed by atoms with van der Waals surface area (Å²) in [7, 11) is -3.72. The molecule has 1 saturated heterocycles. The minimum atomic E-state index is -3.72. The van der Waals surface area contributed by atoms with E-state index in [2.05, 4.69) is 17.1 Å². The van der Waals surface area contributed by atoms with E-state index >= 15 is 0 Å². The van der Waals surface area contributed by atoms with Crippen molar-refractivity contribution in [1.82, 2.24) is 9.80 Å². The van der Waals surface area contributed by atoms with Gasteiger partial charge in [-0.25, -0.2) is 8.42 Å². The van der Waals surface area contributed by atoms with Crippen LogP contribution in [0.1, 0.15) is 5.56 Å². The van der Waals surface area contributed by atoms with Gasteiger partial charge in [0.05, 0.1) is 22.0 Å². The fourth-order valence-electron chi connectivity index (χ4n) is 3.37. The molecule has 31 heavy (non-hydrogen) atoms. The average molecular weight is 482 g/mol. The normalized spacial score (nSPS) is 15.4. The maximum atomic E-state index is 12.8. The second kappa shape index (κ2) is 10.5. The number of sulfonamides is 1. The van der Waals surface area contributed by atoms with Gasteiger partial charge >= 0.3 is 0 Å². The lowest BCUT2D eigenvalue weighted by atomic mass is 10.2. The van der Waals surface area contributed by atoms with Crippen molar-refractivity contribution in [3.05, 3.63) is 70.2 Å². The first-order valence-electron chi connectivity index (χ1n) is 9.89. The van der Waals surface area contributed by atoms with Crippen molar-refractivity contribution in [2.75, 3.05) is 49.8 Å². The number of nitrogens with zero attached hydrogens (tertiary/aromatic N) is 3. The lowest BCUT2D eigenvalue weighted by Crippen LogP contribution is -2.51. The Hall–Kier alpha value is -2.06. The molecule has 0 unspecified atom stereocenters. The Labute approximate surface area is 193 Å². The number of hydrogen-bond acceptors (Lipinski definition) is 4. The molecule has 1 aliphatic heterocycles. The number of benzene rings is 2. The summed E-state index contributed by atoms with van der Waals surface area (Å²) in [6.45, 7) is 3.01. The standard InChI is InChI=1S/C22H25Cl2N3O3S/c1-31(29,30)27(20-11-5-10-19(23)22(20)24)17-21(28)26-15-13-25(14-16-26)12-6-9-18-7-3-2-4-8-18/h2-11H,12-17H2,1H3. The van der Waals surface area contributed by atoms with Crippen LogP contribution in [0.15, 0.2) is 54.6 Å². The minimum Gasteiger partial charge on any atom is -0.339 e. The van der Waals surface area contributed by atoms with Gasteiger partial charge in [-0.05, 0) is 17.7 Å². The Morgan fingerprint density at radius 2 is 1.71 bits per heavy atom. The van der Waals surface area contributed by atoms with Gasteiger partial charge < -0.3 is 4.90 Å². The van der Waals surface area contributed by atoms with Crippen molar-refractivity contribution in [3.63, 3.8) is 0 Å². The topological polar surface area (TPSA) is 60.9 Å². The summed E-state index contributed by atoms with van der Waals surface area (Å²) >= 11 is 12.2. The number of anilines is 1. The lowest BCUT2D eigenvalue weighted by Gasteiger charge is -2.35. The van der Waals surface area contributed by atoms with E-state index in [-0.39, 0.29) is 28.2 Å². The molecule has 9 heteroatoms. The van der Waals surface area contributed by atoms with Crippen LogP contribution in [0, 0.1) is 0 Å². The summed E-state index contributed by atoms with van der Waals surface area (Å²) in [5.74, 6) is -0.263. The molecule has 1 amide bonds. The van der Waals surface area contributed by atoms with Crippen LogP contribution in [0.2, 0.25) is 10.0 Å². The van der Waals surface area contributed by atoms with Crippen molar-refractivity contribution in [3.8, 4) is 0 Å². The molecule has 0 aromatic heterocycles. The third kappa shape index (κ3) is 6.46. The summed E-state index contributed by atoms with van der Waals surface area (Å²) in [5.41, 5.74) is 1.35. The summed E-state index contributed by atoms with van der Waals surface area (Å²) in [6, 6.07) is 14.8. The summed E-state index contributed by atoms with van der Waals surface area (Å²) in [4.78, 5) is 16.8. The van der Waals surface area contributed by atoms with Crippen molar-refractivity contribution in [2.24, 2.45) is 0 Å². The molecule has 6 nitrogen and oxygen atoms in total. The third-order valence-corrected chi connectivity index (χ3v) is 7.01. The summed E-state index contributed by atoms with van der Waals surface area (Å²) in [6.07, 6.45) is 5.24. The van der Waals surface area contributed by atoms with Gasteiger partial charge in [0, 0.05) is 32.7 Å². The third-order valence-electron chi connectivity index (χ3n) is 5.08. The van der Waals surface area contributed by atoms with Crippen LogP contribution in [0.25, 0.3) is 6.08 Å². The number of amides is 1. The molecule has 166 valence electrons. The van der Waals surface area contributed by atoms with E-state index < -0.39 is 10.0 Å². The molecule has 0 N–H and O–H groups in total. The smallest absolute Gasteiger partial charge is 0.243 e. The molecule has 2 aromatic rings. The molecule has 3 rings (SSSR count). The van der Waals surface area contributed by atoms with E-state index in [1.165, 1.54) is 0 Å². The molecule has 0 aliphatic carbocycles. The maximum Gasteiger partial charge on any atom is 0.243 e. The molecule has 0 atom stereocenters. The number of rotatable bonds is 7. The van der Waals surface area contributed by atoms with Gasteiger partial charge in [0.25, 0.3) is 0 Å². The Balaban J connectivity index is 1.58. The number of carbonyl (C=O) groups is 1. The van der Waals surface area contributed by atoms with Crippen LogP contribution >= 0.6 is 23.2 Å². The van der Waals surface area contributed by atoms with Crippen molar-refractivity contribution < 1.29 is 13.2 Å². The van der Waals surface area contributed by atoms with Crippen LogP contribution < -0.4 is 4.31 Å². The molecule has 0 bridgehead atoms. The molecule has 0 radical (unpaired) electrons. The first-order valence-corrected chi connectivity index (χ1v) is 12.5. The molecular weight excluding hydrogens is 457 g/mol. The van der Waals surface area contributed by atoms with Gasteiger partial charge in [0.2, 0.25) is 15.9 Å². The van der Waals surface area contributed by atoms with Gasteiger partial charge in [-0.1, -0.05) is 71.8 Å². The van der Waals surface area contributed by atoms with E-state index in [0.717, 1.165) is 35.8 Å². The fraction of sp³-hybridized carbons (Fsp3) is 0.318. The van der Waals surface area contributed by atoms with Gasteiger partial charge in [0.15, 0.2) is 0 Å². The lowest BCUT2D eigenvalue weighted by molar-refractivity contribution is -0.131. The Morgan fingerprint density at radius 3 is 2.35 bits per heavy atom. The largest absolute Gasteiger partial charge is 0.339 e. The summed E-state index contributed by atoms with van der Waals surface area (Å²) in [5, 5.41) is 0.342. The Bertz CT molecular complexity index is 1040. The van der Waals surface area contributed by atoms with Gasteiger partial charge in [-0.3, -0.25) is 14.0 Å². The van der Waals surface area contributed by atoms with Crippen molar-refractivity contribution >= 4 is 50.9 Å². The molecular formula is C22H25Cl2N3O3S. The van der Waals surface area contributed by atoms with Gasteiger partial charge in [0.1, 0.15) is 6.54 Å². The van der Waals surface area contributed by atoms with Crippen LogP contribution in [0.4, 0.5) is 5.69 Å². The Kier molecular flexibility index (Phi) is 8.00. The number of halogens is 2. The van der Waals surface area contributed by atoms with E-state index in [0.29, 0.717) is 13.1 Å². The highest BCUT2D eigenvalue weighted by Crippen LogP contribution is 2.33. The zero-order valence-electron chi connectivity index (χ0n) is 17.2. The van der Waals surface area contributed by atoms with Crippen LogP contribution in [-0.4, -0.2) is 69.6 Å². The summed E-state index contributed by atoms with van der Waals surface area (Å²) < 4.78 is 25.7. The number of carbonyl (C=O) groups excluding carboxylic acids is 1. The van der Waals surface area contributed by atoms with Gasteiger partial charge in [-0.2, -0.15) is 0 Å². The highest BCUT2D eigenvalue weighted by molar-refractivity contribution is 7.92. The van der Waals surface area contributed by atoms with Crippen molar-refractivity contribution in [2.45, 2.75) is 0 Å². The molecule has 2 aromatic carbocycles. The predicted octanol–water partition coefficient (Wildman–Crippen LogP) is 3.62. The second-order valence-corrected chi connectivity index (χ2v) is 10.0. The zero-order chi connectivity index (χ0) is 22.4. The molecule has 1 fully saturated rings. The van der Waals surface area contributed by atoms with Crippen LogP contribution in [0.5, 0.6) is 0 Å². The zero-order valence-corrected chi connectivity index (χ0v) is 19.6. The average Bonchev–Trinajstić information content (AvgIpc) is 2.74. The molecule has 1 heterocycles. The van der Waals surface area contributed by atoms with E-state index in [1.807, 2.05) is 30.3 Å². The molecule has 0 spiro atoms. The van der Waals surface area contributed by atoms with E-state index in [1.54, 1.807) is 23.1 Å². The van der Waals surface area contributed by atoms with E-state index in [4.69, 9.17) is 23.2 Å². The second-order valence-electron chi connectivity index (χ2n) is 7.34. The quantitative estimate of drug-likeness (QED) is 0.605. The van der Waals surface area contributed by atoms with Crippen LogP contribution in [0.3, 0.4) is 0 Å². The van der Waals surface area contributed by atoms with E-state index in [9.17, 15) is 13.2 Å². The highest BCUT2D eigenvalue weighted by Gasteiger charge is 2.28. The number of hydrogen-bond donors (Lipinski definition) is 0. The fourth-order valence-corrected chi connectivity index (χ4v) is 4.67.